The van der Waals surface area contributed by atoms with Crippen LogP contribution in [0.15, 0.2) is 48.5 Å². The summed E-state index contributed by atoms with van der Waals surface area (Å²) in [5.41, 5.74) is 0.418. The molecule has 0 N–H and O–H groups in total. The zero-order valence-electron chi connectivity index (χ0n) is 12.5. The monoisotopic (exact) mass is 328 g/mol. The first-order valence-corrected chi connectivity index (χ1v) is 6.71. The van der Waals surface area contributed by atoms with Gasteiger partial charge in [-0.2, -0.15) is 0 Å². The van der Waals surface area contributed by atoms with E-state index in [9.17, 15) is 25.0 Å². The highest BCUT2D eigenvalue weighted by molar-refractivity contribution is 6.06. The van der Waals surface area contributed by atoms with E-state index in [1.165, 1.54) is 55.7 Å². The van der Waals surface area contributed by atoms with E-state index in [1.807, 2.05) is 0 Å². The number of nitrogens with zero attached hydrogens (tertiary/aromatic N) is 2. The van der Waals surface area contributed by atoms with E-state index < -0.39 is 9.85 Å². The third-order valence-electron chi connectivity index (χ3n) is 3.19. The van der Waals surface area contributed by atoms with Crippen LogP contribution in [0.3, 0.4) is 0 Å². The van der Waals surface area contributed by atoms with Crippen LogP contribution in [0.25, 0.3) is 6.08 Å². The van der Waals surface area contributed by atoms with Gasteiger partial charge in [0.25, 0.3) is 5.69 Å². The Labute approximate surface area is 136 Å². The number of carbonyl (C=O) groups excluding carboxylic acids is 1. The van der Waals surface area contributed by atoms with Crippen molar-refractivity contribution in [2.75, 3.05) is 7.11 Å². The van der Waals surface area contributed by atoms with E-state index in [0.717, 1.165) is 0 Å². The molecule has 0 aliphatic rings. The molecule has 8 nitrogen and oxygen atoms in total. The van der Waals surface area contributed by atoms with Crippen molar-refractivity contribution >= 4 is 23.2 Å². The van der Waals surface area contributed by atoms with Gasteiger partial charge in [0.1, 0.15) is 0 Å². The molecule has 0 radical (unpaired) electrons. The van der Waals surface area contributed by atoms with Crippen molar-refractivity contribution in [3.63, 3.8) is 0 Å². The SMILES string of the molecule is COc1ccc(/C=C/C(=O)c2ccc([N+](=O)[O-])cc2)cc1[N+](=O)[O-]. The zero-order chi connectivity index (χ0) is 17.7. The molecule has 122 valence electrons. The van der Waals surface area contributed by atoms with Crippen molar-refractivity contribution < 1.29 is 19.4 Å². The summed E-state index contributed by atoms with van der Waals surface area (Å²) in [5, 5.41) is 21.5. The molecule has 0 saturated heterocycles. The third-order valence-corrected chi connectivity index (χ3v) is 3.19. The number of rotatable bonds is 6. The third kappa shape index (κ3) is 3.80. The van der Waals surface area contributed by atoms with E-state index in [-0.39, 0.29) is 28.5 Å². The Kier molecular flexibility index (Phi) is 5.00. The van der Waals surface area contributed by atoms with Crippen LogP contribution in [-0.4, -0.2) is 22.7 Å². The summed E-state index contributed by atoms with van der Waals surface area (Å²) in [7, 11) is 1.33. The molecule has 0 saturated carbocycles. The van der Waals surface area contributed by atoms with E-state index >= 15 is 0 Å². The lowest BCUT2D eigenvalue weighted by molar-refractivity contribution is -0.385. The van der Waals surface area contributed by atoms with Crippen molar-refractivity contribution in [2.24, 2.45) is 0 Å². The van der Waals surface area contributed by atoms with Crippen LogP contribution in [0.1, 0.15) is 15.9 Å². The highest BCUT2D eigenvalue weighted by atomic mass is 16.6. The molecule has 0 unspecified atom stereocenters. The Morgan fingerprint density at radius 3 is 2.25 bits per heavy atom. The quantitative estimate of drug-likeness (QED) is 0.347. The van der Waals surface area contributed by atoms with Crippen LogP contribution in [0, 0.1) is 20.2 Å². The molecule has 0 amide bonds. The lowest BCUT2D eigenvalue weighted by Gasteiger charge is -2.02. The van der Waals surface area contributed by atoms with Gasteiger partial charge in [0.05, 0.1) is 17.0 Å². The number of allylic oxidation sites excluding steroid dienone is 1. The summed E-state index contributed by atoms with van der Waals surface area (Å²) >= 11 is 0. The van der Waals surface area contributed by atoms with Crippen LogP contribution < -0.4 is 4.74 Å². The van der Waals surface area contributed by atoms with Gasteiger partial charge < -0.3 is 4.74 Å². The van der Waals surface area contributed by atoms with Gasteiger partial charge in [-0.3, -0.25) is 25.0 Å². The lowest BCUT2D eigenvalue weighted by Crippen LogP contribution is -1.96. The van der Waals surface area contributed by atoms with Crippen molar-refractivity contribution in [1.82, 2.24) is 0 Å². The fraction of sp³-hybridized carbons (Fsp3) is 0.0625. The number of carbonyl (C=O) groups is 1. The lowest BCUT2D eigenvalue weighted by atomic mass is 10.1. The molecule has 0 aliphatic carbocycles. The summed E-state index contributed by atoms with van der Waals surface area (Å²) in [6.45, 7) is 0. The number of methoxy groups -OCH3 is 1. The van der Waals surface area contributed by atoms with Crippen LogP contribution in [0.4, 0.5) is 11.4 Å². The molecular formula is C16H12N2O6. The maximum atomic E-state index is 12.0. The first kappa shape index (κ1) is 16.8. The fourth-order valence-electron chi connectivity index (χ4n) is 1.97. The zero-order valence-corrected chi connectivity index (χ0v) is 12.5. The average Bonchev–Trinajstić information content (AvgIpc) is 2.59. The molecule has 0 spiro atoms. The number of nitro benzene ring substituents is 2. The minimum atomic E-state index is -0.575. The Morgan fingerprint density at radius 1 is 1.04 bits per heavy atom. The Bertz CT molecular complexity index is 827. The number of hydrogen-bond donors (Lipinski definition) is 0. The van der Waals surface area contributed by atoms with Gasteiger partial charge >= 0.3 is 5.69 Å². The van der Waals surface area contributed by atoms with E-state index in [2.05, 4.69) is 0 Å². The highest BCUT2D eigenvalue weighted by Crippen LogP contribution is 2.28. The first-order chi connectivity index (χ1) is 11.4. The minimum absolute atomic E-state index is 0.110. The molecule has 0 fully saturated rings. The Morgan fingerprint density at radius 2 is 1.71 bits per heavy atom. The molecule has 0 aromatic heterocycles. The topological polar surface area (TPSA) is 113 Å². The van der Waals surface area contributed by atoms with Crippen LogP contribution in [0.5, 0.6) is 5.75 Å². The van der Waals surface area contributed by atoms with E-state index in [1.54, 1.807) is 6.07 Å². The van der Waals surface area contributed by atoms with Gasteiger partial charge in [0, 0.05) is 23.8 Å². The molecule has 0 atom stereocenters. The van der Waals surface area contributed by atoms with Gasteiger partial charge in [0.2, 0.25) is 0 Å². The van der Waals surface area contributed by atoms with E-state index in [0.29, 0.717) is 5.56 Å². The second-order valence-electron chi connectivity index (χ2n) is 4.69. The maximum Gasteiger partial charge on any atom is 0.311 e. The number of ether oxygens (including phenoxy) is 1. The number of hydrogen-bond acceptors (Lipinski definition) is 6. The molecule has 24 heavy (non-hydrogen) atoms. The van der Waals surface area contributed by atoms with Gasteiger partial charge in [-0.25, -0.2) is 0 Å². The van der Waals surface area contributed by atoms with Gasteiger partial charge in [-0.15, -0.1) is 0 Å². The molecule has 8 heteroatoms. The largest absolute Gasteiger partial charge is 0.490 e. The molecule has 0 heterocycles. The van der Waals surface area contributed by atoms with Crippen LogP contribution in [-0.2, 0) is 0 Å². The molecule has 0 aliphatic heterocycles. The summed E-state index contributed by atoms with van der Waals surface area (Å²) in [6, 6.07) is 9.47. The van der Waals surface area contributed by atoms with Crippen LogP contribution >= 0.6 is 0 Å². The standard InChI is InChI=1S/C16H12N2O6/c1-24-16-9-3-11(10-14(16)18(22)23)2-8-15(19)12-4-6-13(7-5-12)17(20)21/h2-10H,1H3/b8-2+. The number of non-ortho nitro benzene ring substituents is 1. The molecule has 2 aromatic rings. The summed E-state index contributed by atoms with van der Waals surface area (Å²) in [5.74, 6) is -0.248. The normalized spacial score (nSPS) is 10.5. The van der Waals surface area contributed by atoms with E-state index in [4.69, 9.17) is 4.74 Å². The van der Waals surface area contributed by atoms with Gasteiger partial charge in [-0.1, -0.05) is 12.1 Å². The molecule has 2 rings (SSSR count). The smallest absolute Gasteiger partial charge is 0.311 e. The van der Waals surface area contributed by atoms with Crippen molar-refractivity contribution in [3.05, 3.63) is 79.9 Å². The van der Waals surface area contributed by atoms with Crippen LogP contribution in [0.2, 0.25) is 0 Å². The average molecular weight is 328 g/mol. The predicted molar refractivity (Wildman–Crippen MR) is 86.1 cm³/mol. The summed E-state index contributed by atoms with van der Waals surface area (Å²) < 4.78 is 4.90. The number of benzene rings is 2. The van der Waals surface area contributed by atoms with Gasteiger partial charge in [-0.05, 0) is 29.8 Å². The Hall–Kier alpha value is -3.55. The number of ketones is 1. The second kappa shape index (κ2) is 7.14. The second-order valence-corrected chi connectivity index (χ2v) is 4.69. The fourth-order valence-corrected chi connectivity index (χ4v) is 1.97. The van der Waals surface area contributed by atoms with Gasteiger partial charge in [0.15, 0.2) is 11.5 Å². The first-order valence-electron chi connectivity index (χ1n) is 6.71. The molecule has 0 bridgehead atoms. The maximum absolute atomic E-state index is 12.0. The number of nitro groups is 2. The van der Waals surface area contributed by atoms with Crippen molar-refractivity contribution in [3.8, 4) is 5.75 Å². The summed E-state index contributed by atoms with van der Waals surface area (Å²) in [6.07, 6.45) is 2.67. The Balaban J connectivity index is 2.20. The van der Waals surface area contributed by atoms with Crippen molar-refractivity contribution in [2.45, 2.75) is 0 Å². The summed E-state index contributed by atoms with van der Waals surface area (Å²) in [4.78, 5) is 32.4. The molecular weight excluding hydrogens is 316 g/mol. The van der Waals surface area contributed by atoms with Crippen molar-refractivity contribution in [1.29, 1.82) is 0 Å². The molecule has 2 aromatic carbocycles. The predicted octanol–water partition coefficient (Wildman–Crippen LogP) is 3.41. The highest BCUT2D eigenvalue weighted by Gasteiger charge is 2.14. The minimum Gasteiger partial charge on any atom is -0.490 e.